The van der Waals surface area contributed by atoms with Crippen LogP contribution in [0.4, 0.5) is 5.69 Å². The normalized spacial score (nSPS) is 12.4. The molecule has 1 heteroatoms. The number of hydrogen-bond acceptors (Lipinski definition) is 1. The molecule has 1 atom stereocenters. The van der Waals surface area contributed by atoms with Crippen molar-refractivity contribution in [2.45, 2.75) is 59.3 Å². The molecule has 1 unspecified atom stereocenters. The standard InChI is InChI=1S/C18H31N/c1-4-7-12-17(6-3)16-19(15-8-5-2)18-13-10-9-11-14-18/h9-11,13-14,17H,4-8,12,15-16H2,1-3H3. The van der Waals surface area contributed by atoms with Crippen molar-refractivity contribution in [3.8, 4) is 0 Å². The van der Waals surface area contributed by atoms with E-state index in [2.05, 4.69) is 56.0 Å². The summed E-state index contributed by atoms with van der Waals surface area (Å²) in [6, 6.07) is 10.9. The van der Waals surface area contributed by atoms with Crippen LogP contribution in [0.3, 0.4) is 0 Å². The van der Waals surface area contributed by atoms with Gasteiger partial charge in [-0.05, 0) is 30.9 Å². The van der Waals surface area contributed by atoms with E-state index < -0.39 is 0 Å². The number of rotatable bonds is 10. The van der Waals surface area contributed by atoms with Crippen molar-refractivity contribution >= 4 is 5.69 Å². The number of benzene rings is 1. The molecule has 0 bridgehead atoms. The van der Waals surface area contributed by atoms with Crippen LogP contribution in [0.2, 0.25) is 0 Å². The van der Waals surface area contributed by atoms with Crippen LogP contribution in [0, 0.1) is 5.92 Å². The zero-order chi connectivity index (χ0) is 13.9. The SMILES string of the molecule is CCCCC(CC)CN(CCCC)c1ccccc1. The largest absolute Gasteiger partial charge is 0.371 e. The van der Waals surface area contributed by atoms with Gasteiger partial charge in [-0.3, -0.25) is 0 Å². The van der Waals surface area contributed by atoms with Gasteiger partial charge in [-0.1, -0.05) is 64.7 Å². The second-order valence-electron chi connectivity index (χ2n) is 5.55. The Morgan fingerprint density at radius 2 is 1.63 bits per heavy atom. The van der Waals surface area contributed by atoms with Crippen molar-refractivity contribution in [3.63, 3.8) is 0 Å². The molecule has 0 N–H and O–H groups in total. The lowest BCUT2D eigenvalue weighted by Gasteiger charge is -2.29. The Labute approximate surface area is 120 Å². The van der Waals surface area contributed by atoms with Crippen LogP contribution < -0.4 is 4.90 Å². The molecule has 0 heterocycles. The molecule has 0 spiro atoms. The van der Waals surface area contributed by atoms with E-state index in [1.165, 1.54) is 57.3 Å². The first-order valence-electron chi connectivity index (χ1n) is 8.11. The maximum Gasteiger partial charge on any atom is 0.0366 e. The second kappa shape index (κ2) is 9.89. The molecule has 0 saturated carbocycles. The molecule has 19 heavy (non-hydrogen) atoms. The van der Waals surface area contributed by atoms with Crippen LogP contribution in [0.5, 0.6) is 0 Å². The smallest absolute Gasteiger partial charge is 0.0366 e. The highest BCUT2D eigenvalue weighted by molar-refractivity contribution is 5.45. The Morgan fingerprint density at radius 3 is 2.21 bits per heavy atom. The van der Waals surface area contributed by atoms with Gasteiger partial charge >= 0.3 is 0 Å². The molecule has 1 rings (SSSR count). The molecule has 1 nitrogen and oxygen atoms in total. The monoisotopic (exact) mass is 261 g/mol. The van der Waals surface area contributed by atoms with Crippen molar-refractivity contribution < 1.29 is 0 Å². The summed E-state index contributed by atoms with van der Waals surface area (Å²) in [4.78, 5) is 2.59. The van der Waals surface area contributed by atoms with Crippen molar-refractivity contribution in [1.29, 1.82) is 0 Å². The molecule has 0 aliphatic carbocycles. The molecule has 108 valence electrons. The lowest BCUT2D eigenvalue weighted by Crippen LogP contribution is -2.30. The molecule has 0 aliphatic heterocycles. The van der Waals surface area contributed by atoms with Crippen molar-refractivity contribution in [3.05, 3.63) is 30.3 Å². The van der Waals surface area contributed by atoms with E-state index in [4.69, 9.17) is 0 Å². The molecular weight excluding hydrogens is 230 g/mol. The van der Waals surface area contributed by atoms with Gasteiger partial charge in [-0.15, -0.1) is 0 Å². The Hall–Kier alpha value is -0.980. The number of anilines is 1. The number of unbranched alkanes of at least 4 members (excludes halogenated alkanes) is 2. The van der Waals surface area contributed by atoms with Gasteiger partial charge in [0.1, 0.15) is 0 Å². The highest BCUT2D eigenvalue weighted by Crippen LogP contribution is 2.20. The van der Waals surface area contributed by atoms with Gasteiger partial charge in [0, 0.05) is 18.8 Å². The lowest BCUT2D eigenvalue weighted by molar-refractivity contribution is 0.444. The predicted octanol–water partition coefficient (Wildman–Crippen LogP) is 5.51. The van der Waals surface area contributed by atoms with E-state index in [-0.39, 0.29) is 0 Å². The molecular formula is C18H31N. The number of hydrogen-bond donors (Lipinski definition) is 0. The van der Waals surface area contributed by atoms with E-state index in [9.17, 15) is 0 Å². The molecule has 1 aromatic carbocycles. The van der Waals surface area contributed by atoms with E-state index in [1.54, 1.807) is 0 Å². The molecule has 0 radical (unpaired) electrons. The van der Waals surface area contributed by atoms with E-state index in [0.29, 0.717) is 0 Å². The van der Waals surface area contributed by atoms with Gasteiger partial charge in [0.15, 0.2) is 0 Å². The van der Waals surface area contributed by atoms with Crippen LogP contribution in [0.1, 0.15) is 59.3 Å². The zero-order valence-electron chi connectivity index (χ0n) is 13.1. The first-order valence-corrected chi connectivity index (χ1v) is 8.11. The summed E-state index contributed by atoms with van der Waals surface area (Å²) in [5, 5.41) is 0. The first-order chi connectivity index (χ1) is 9.31. The molecule has 0 fully saturated rings. The molecule has 0 aromatic heterocycles. The molecule has 0 amide bonds. The molecule has 0 saturated heterocycles. The number of nitrogens with zero attached hydrogens (tertiary/aromatic N) is 1. The minimum Gasteiger partial charge on any atom is -0.371 e. The lowest BCUT2D eigenvalue weighted by atomic mass is 9.98. The van der Waals surface area contributed by atoms with Crippen LogP contribution in [-0.4, -0.2) is 13.1 Å². The predicted molar refractivity (Wildman–Crippen MR) is 86.9 cm³/mol. The second-order valence-corrected chi connectivity index (χ2v) is 5.55. The van der Waals surface area contributed by atoms with E-state index >= 15 is 0 Å². The fourth-order valence-corrected chi connectivity index (χ4v) is 2.54. The Kier molecular flexibility index (Phi) is 8.36. The average molecular weight is 261 g/mol. The van der Waals surface area contributed by atoms with Gasteiger partial charge in [0.05, 0.1) is 0 Å². The van der Waals surface area contributed by atoms with Crippen molar-refractivity contribution in [2.75, 3.05) is 18.0 Å². The van der Waals surface area contributed by atoms with Gasteiger partial charge in [0.25, 0.3) is 0 Å². The minimum atomic E-state index is 0.844. The van der Waals surface area contributed by atoms with Crippen molar-refractivity contribution in [1.82, 2.24) is 0 Å². The third-order valence-corrected chi connectivity index (χ3v) is 3.92. The summed E-state index contributed by atoms with van der Waals surface area (Å²) in [7, 11) is 0. The van der Waals surface area contributed by atoms with Crippen LogP contribution in [-0.2, 0) is 0 Å². The summed E-state index contributed by atoms with van der Waals surface area (Å²) in [5.41, 5.74) is 1.39. The fraction of sp³-hybridized carbons (Fsp3) is 0.667. The Balaban J connectivity index is 2.62. The van der Waals surface area contributed by atoms with Gasteiger partial charge < -0.3 is 4.90 Å². The Bertz CT molecular complexity index is 307. The molecule has 0 aliphatic rings. The minimum absolute atomic E-state index is 0.844. The number of para-hydroxylation sites is 1. The van der Waals surface area contributed by atoms with Crippen LogP contribution >= 0.6 is 0 Å². The topological polar surface area (TPSA) is 3.24 Å². The summed E-state index contributed by atoms with van der Waals surface area (Å²) >= 11 is 0. The van der Waals surface area contributed by atoms with Gasteiger partial charge in [0.2, 0.25) is 0 Å². The van der Waals surface area contributed by atoms with Crippen molar-refractivity contribution in [2.24, 2.45) is 5.92 Å². The zero-order valence-corrected chi connectivity index (χ0v) is 13.1. The quantitative estimate of drug-likeness (QED) is 0.537. The maximum atomic E-state index is 2.59. The van der Waals surface area contributed by atoms with Gasteiger partial charge in [-0.2, -0.15) is 0 Å². The fourth-order valence-electron chi connectivity index (χ4n) is 2.54. The highest BCUT2D eigenvalue weighted by atomic mass is 15.1. The molecule has 1 aromatic rings. The summed E-state index contributed by atoms with van der Waals surface area (Å²) in [5.74, 6) is 0.844. The van der Waals surface area contributed by atoms with E-state index in [1.807, 2.05) is 0 Å². The van der Waals surface area contributed by atoms with E-state index in [0.717, 1.165) is 5.92 Å². The summed E-state index contributed by atoms with van der Waals surface area (Å²) in [6.45, 7) is 9.32. The summed E-state index contributed by atoms with van der Waals surface area (Å²) < 4.78 is 0. The van der Waals surface area contributed by atoms with Crippen LogP contribution in [0.15, 0.2) is 30.3 Å². The van der Waals surface area contributed by atoms with Crippen LogP contribution in [0.25, 0.3) is 0 Å². The average Bonchev–Trinajstić information content (AvgIpc) is 2.47. The highest BCUT2D eigenvalue weighted by Gasteiger charge is 2.12. The van der Waals surface area contributed by atoms with Gasteiger partial charge in [-0.25, -0.2) is 0 Å². The third kappa shape index (κ3) is 6.13. The Morgan fingerprint density at radius 1 is 0.947 bits per heavy atom. The maximum absolute atomic E-state index is 2.59. The first kappa shape index (κ1) is 16.1. The third-order valence-electron chi connectivity index (χ3n) is 3.92. The summed E-state index contributed by atoms with van der Waals surface area (Å²) in [6.07, 6.45) is 7.93.